The Morgan fingerprint density at radius 3 is 2.22 bits per heavy atom. The number of nitrogens with zero attached hydrogens (tertiary/aromatic N) is 3. The van der Waals surface area contributed by atoms with Gasteiger partial charge in [-0.1, -0.05) is 37.3 Å². The van der Waals surface area contributed by atoms with Gasteiger partial charge in [0.1, 0.15) is 5.69 Å². The maximum absolute atomic E-state index is 12.5. The largest absolute Gasteiger partial charge is 0.451 e. The van der Waals surface area contributed by atoms with E-state index in [1.807, 2.05) is 29.4 Å². The van der Waals surface area contributed by atoms with Crippen LogP contribution in [0, 0.1) is 0 Å². The second-order valence-electron chi connectivity index (χ2n) is 4.99. The molecule has 0 aliphatic heterocycles. The standard InChI is InChI=1S/C16H13F3N4/c1-2-10-3-5-11(6-4-10)12-7-8-13(20-9-12)14-21-15(23-22-14)16(17,18)19/h3-9H,2H2,1H3,(H,21,22,23). The van der Waals surface area contributed by atoms with Crippen molar-refractivity contribution in [2.45, 2.75) is 19.5 Å². The molecule has 0 radical (unpaired) electrons. The number of benzene rings is 1. The van der Waals surface area contributed by atoms with E-state index in [9.17, 15) is 13.2 Å². The summed E-state index contributed by atoms with van der Waals surface area (Å²) in [5.74, 6) is -1.21. The van der Waals surface area contributed by atoms with Gasteiger partial charge in [0, 0.05) is 11.8 Å². The van der Waals surface area contributed by atoms with Gasteiger partial charge in [0.15, 0.2) is 5.82 Å². The van der Waals surface area contributed by atoms with Gasteiger partial charge in [0.05, 0.1) is 0 Å². The van der Waals surface area contributed by atoms with Crippen molar-refractivity contribution in [1.29, 1.82) is 0 Å². The maximum Gasteiger partial charge on any atom is 0.451 e. The SMILES string of the molecule is CCc1ccc(-c2ccc(-c3n[nH]c(C(F)(F)F)n3)nc2)cc1. The van der Waals surface area contributed by atoms with Gasteiger partial charge in [0.25, 0.3) is 0 Å². The summed E-state index contributed by atoms with van der Waals surface area (Å²) in [4.78, 5) is 7.57. The first-order chi connectivity index (χ1) is 11.0. The van der Waals surface area contributed by atoms with Crippen molar-refractivity contribution in [3.63, 3.8) is 0 Å². The molecule has 0 atom stereocenters. The lowest BCUT2D eigenvalue weighted by Gasteiger charge is -2.03. The van der Waals surface area contributed by atoms with Crippen molar-refractivity contribution in [3.05, 3.63) is 54.0 Å². The molecule has 0 saturated heterocycles. The number of aromatic amines is 1. The number of aryl methyl sites for hydroxylation is 1. The summed E-state index contributed by atoms with van der Waals surface area (Å²) in [6, 6.07) is 11.4. The number of nitrogens with one attached hydrogen (secondary N) is 1. The van der Waals surface area contributed by atoms with Crippen LogP contribution in [0.25, 0.3) is 22.6 Å². The van der Waals surface area contributed by atoms with E-state index >= 15 is 0 Å². The Morgan fingerprint density at radius 2 is 1.70 bits per heavy atom. The van der Waals surface area contributed by atoms with Gasteiger partial charge in [-0.05, 0) is 23.6 Å². The van der Waals surface area contributed by atoms with Gasteiger partial charge < -0.3 is 0 Å². The van der Waals surface area contributed by atoms with Crippen LogP contribution < -0.4 is 0 Å². The highest BCUT2D eigenvalue weighted by atomic mass is 19.4. The third-order valence-corrected chi connectivity index (χ3v) is 3.44. The molecule has 0 aliphatic carbocycles. The Balaban J connectivity index is 1.85. The molecule has 0 unspecified atom stereocenters. The summed E-state index contributed by atoms with van der Waals surface area (Å²) in [5, 5.41) is 5.44. The highest BCUT2D eigenvalue weighted by molar-refractivity contribution is 5.65. The van der Waals surface area contributed by atoms with Crippen molar-refractivity contribution in [3.8, 4) is 22.6 Å². The minimum absolute atomic E-state index is 0.0785. The number of alkyl halides is 3. The number of halogens is 3. The molecular formula is C16H13F3N4. The Morgan fingerprint density at radius 1 is 1.00 bits per heavy atom. The molecule has 23 heavy (non-hydrogen) atoms. The van der Waals surface area contributed by atoms with Crippen LogP contribution in [0.2, 0.25) is 0 Å². The average Bonchev–Trinajstić information content (AvgIpc) is 3.05. The smallest absolute Gasteiger partial charge is 0.255 e. The average molecular weight is 318 g/mol. The van der Waals surface area contributed by atoms with E-state index in [2.05, 4.69) is 22.0 Å². The zero-order chi connectivity index (χ0) is 16.4. The fraction of sp³-hybridized carbons (Fsp3) is 0.188. The van der Waals surface area contributed by atoms with E-state index in [0.717, 1.165) is 17.5 Å². The third kappa shape index (κ3) is 3.23. The van der Waals surface area contributed by atoms with E-state index < -0.39 is 12.0 Å². The lowest BCUT2D eigenvalue weighted by molar-refractivity contribution is -0.144. The Kier molecular flexibility index (Phi) is 3.85. The molecule has 2 heterocycles. The zero-order valence-corrected chi connectivity index (χ0v) is 12.2. The van der Waals surface area contributed by atoms with E-state index in [1.54, 1.807) is 18.3 Å². The van der Waals surface area contributed by atoms with Gasteiger partial charge in [-0.3, -0.25) is 10.1 Å². The quantitative estimate of drug-likeness (QED) is 0.790. The van der Waals surface area contributed by atoms with Crippen LogP contribution in [0.1, 0.15) is 18.3 Å². The van der Waals surface area contributed by atoms with Crippen LogP contribution in [0.3, 0.4) is 0 Å². The molecular weight excluding hydrogens is 305 g/mol. The molecule has 1 aromatic carbocycles. The number of rotatable bonds is 3. The van der Waals surface area contributed by atoms with Gasteiger partial charge >= 0.3 is 6.18 Å². The van der Waals surface area contributed by atoms with E-state index in [-0.39, 0.29) is 11.5 Å². The summed E-state index contributed by atoms with van der Waals surface area (Å²) in [6.45, 7) is 2.08. The maximum atomic E-state index is 12.5. The Hall–Kier alpha value is -2.70. The first-order valence-electron chi connectivity index (χ1n) is 7.02. The number of hydrogen-bond donors (Lipinski definition) is 1. The lowest BCUT2D eigenvalue weighted by atomic mass is 10.0. The van der Waals surface area contributed by atoms with Crippen LogP contribution in [0.15, 0.2) is 42.6 Å². The Bertz CT molecular complexity index is 789. The lowest BCUT2D eigenvalue weighted by Crippen LogP contribution is -2.07. The van der Waals surface area contributed by atoms with Crippen molar-refractivity contribution >= 4 is 0 Å². The third-order valence-electron chi connectivity index (χ3n) is 3.44. The van der Waals surface area contributed by atoms with Crippen LogP contribution in [-0.4, -0.2) is 20.2 Å². The molecule has 3 rings (SSSR count). The first kappa shape index (κ1) is 15.2. The molecule has 0 amide bonds. The fourth-order valence-electron chi connectivity index (χ4n) is 2.13. The monoisotopic (exact) mass is 318 g/mol. The molecule has 0 spiro atoms. The van der Waals surface area contributed by atoms with Gasteiger partial charge in [-0.15, -0.1) is 0 Å². The molecule has 3 aromatic rings. The minimum atomic E-state index is -4.55. The van der Waals surface area contributed by atoms with Crippen molar-refractivity contribution in [1.82, 2.24) is 20.2 Å². The topological polar surface area (TPSA) is 54.5 Å². The summed E-state index contributed by atoms with van der Waals surface area (Å²) >= 11 is 0. The fourth-order valence-corrected chi connectivity index (χ4v) is 2.13. The molecule has 0 bridgehead atoms. The first-order valence-corrected chi connectivity index (χ1v) is 7.02. The molecule has 2 aromatic heterocycles. The summed E-state index contributed by atoms with van der Waals surface area (Å²) in [6.07, 6.45) is -1.99. The molecule has 118 valence electrons. The summed E-state index contributed by atoms with van der Waals surface area (Å²) in [5.41, 5.74) is 3.39. The van der Waals surface area contributed by atoms with Crippen LogP contribution in [-0.2, 0) is 12.6 Å². The molecule has 0 fully saturated rings. The summed E-state index contributed by atoms with van der Waals surface area (Å²) < 4.78 is 37.5. The molecule has 7 heteroatoms. The highest BCUT2D eigenvalue weighted by Crippen LogP contribution is 2.27. The second kappa shape index (κ2) is 5.83. The molecule has 1 N–H and O–H groups in total. The Labute approximate surface area is 130 Å². The van der Waals surface area contributed by atoms with Crippen LogP contribution in [0.4, 0.5) is 13.2 Å². The second-order valence-corrected chi connectivity index (χ2v) is 4.99. The van der Waals surface area contributed by atoms with Gasteiger partial charge in [-0.25, -0.2) is 4.98 Å². The highest BCUT2D eigenvalue weighted by Gasteiger charge is 2.35. The number of pyridine rings is 1. The molecule has 0 saturated carbocycles. The normalized spacial score (nSPS) is 11.7. The van der Waals surface area contributed by atoms with Gasteiger partial charge in [-0.2, -0.15) is 18.3 Å². The predicted molar refractivity (Wildman–Crippen MR) is 79.4 cm³/mol. The van der Waals surface area contributed by atoms with Crippen LogP contribution >= 0.6 is 0 Å². The van der Waals surface area contributed by atoms with E-state index in [4.69, 9.17) is 0 Å². The van der Waals surface area contributed by atoms with E-state index in [1.165, 1.54) is 5.56 Å². The van der Waals surface area contributed by atoms with Crippen molar-refractivity contribution in [2.75, 3.05) is 0 Å². The summed E-state index contributed by atoms with van der Waals surface area (Å²) in [7, 11) is 0. The number of H-pyrrole nitrogens is 1. The molecule has 4 nitrogen and oxygen atoms in total. The zero-order valence-electron chi connectivity index (χ0n) is 12.2. The predicted octanol–water partition coefficient (Wildman–Crippen LogP) is 4.11. The minimum Gasteiger partial charge on any atom is -0.255 e. The van der Waals surface area contributed by atoms with Crippen LogP contribution in [0.5, 0.6) is 0 Å². The van der Waals surface area contributed by atoms with Crippen molar-refractivity contribution in [2.24, 2.45) is 0 Å². The number of aromatic nitrogens is 4. The van der Waals surface area contributed by atoms with E-state index in [0.29, 0.717) is 0 Å². The van der Waals surface area contributed by atoms with Gasteiger partial charge in [0.2, 0.25) is 5.82 Å². The number of hydrogen-bond acceptors (Lipinski definition) is 3. The van der Waals surface area contributed by atoms with Crippen molar-refractivity contribution < 1.29 is 13.2 Å². The molecule has 0 aliphatic rings.